The molecule has 0 amide bonds. The van der Waals surface area contributed by atoms with Crippen LogP contribution in [0.2, 0.25) is 0 Å². The van der Waals surface area contributed by atoms with E-state index in [0.717, 1.165) is 10.9 Å². The first-order valence-electron chi connectivity index (χ1n) is 6.30. The number of aliphatic hydroxyl groups excluding tert-OH is 1. The Morgan fingerprint density at radius 1 is 1.43 bits per heavy atom. The molecule has 0 aliphatic rings. The molecule has 1 atom stereocenters. The van der Waals surface area contributed by atoms with Gasteiger partial charge in [0, 0.05) is 10.4 Å². The summed E-state index contributed by atoms with van der Waals surface area (Å²) in [7, 11) is -3.78. The van der Waals surface area contributed by atoms with Crippen LogP contribution in [-0.2, 0) is 16.6 Å². The fraction of sp³-hybridized carbons (Fsp3) is 0.286. The van der Waals surface area contributed by atoms with Crippen LogP contribution in [0.4, 0.5) is 4.39 Å². The van der Waals surface area contributed by atoms with E-state index in [1.807, 2.05) is 17.5 Å². The summed E-state index contributed by atoms with van der Waals surface area (Å²) in [5.41, 5.74) is 0.157. The summed E-state index contributed by atoms with van der Waals surface area (Å²) >= 11 is 1.45. The molecule has 0 saturated carbocycles. The second-order valence-corrected chi connectivity index (χ2v) is 7.42. The van der Waals surface area contributed by atoms with Gasteiger partial charge >= 0.3 is 0 Å². The number of aliphatic hydroxyl groups is 1. The van der Waals surface area contributed by atoms with Crippen molar-refractivity contribution in [3.63, 3.8) is 0 Å². The topological polar surface area (TPSA) is 66.4 Å². The van der Waals surface area contributed by atoms with Crippen molar-refractivity contribution in [3.8, 4) is 0 Å². The van der Waals surface area contributed by atoms with E-state index >= 15 is 0 Å². The maximum Gasteiger partial charge on any atom is 0.241 e. The average Bonchev–Trinajstić information content (AvgIpc) is 2.95. The van der Waals surface area contributed by atoms with Crippen LogP contribution in [0.25, 0.3) is 0 Å². The van der Waals surface area contributed by atoms with Crippen LogP contribution >= 0.6 is 11.3 Å². The summed E-state index contributed by atoms with van der Waals surface area (Å²) in [6, 6.07) is 5.73. The van der Waals surface area contributed by atoms with Crippen LogP contribution in [0.1, 0.15) is 29.0 Å². The lowest BCUT2D eigenvalue weighted by Gasteiger charge is -2.14. The summed E-state index contributed by atoms with van der Waals surface area (Å²) in [6.07, 6.45) is 0. The predicted octanol–water partition coefficient (Wildman–Crippen LogP) is 2.73. The SMILES string of the molecule is Cc1cc(S(=O)(=O)NC(C)c2cccs2)cc(CO)c1F. The lowest BCUT2D eigenvalue weighted by atomic mass is 10.1. The predicted molar refractivity (Wildman–Crippen MR) is 80.1 cm³/mol. The number of aryl methyl sites for hydroxylation is 1. The van der Waals surface area contributed by atoms with Gasteiger partial charge in [0.2, 0.25) is 10.0 Å². The van der Waals surface area contributed by atoms with E-state index in [0.29, 0.717) is 0 Å². The van der Waals surface area contributed by atoms with Crippen LogP contribution in [0, 0.1) is 12.7 Å². The van der Waals surface area contributed by atoms with E-state index in [9.17, 15) is 12.8 Å². The molecule has 0 spiro atoms. The number of rotatable bonds is 5. The number of hydrogen-bond donors (Lipinski definition) is 2. The number of benzene rings is 1. The van der Waals surface area contributed by atoms with Crippen molar-refractivity contribution in [2.75, 3.05) is 0 Å². The Labute approximate surface area is 127 Å². The molecule has 2 N–H and O–H groups in total. The standard InChI is InChI=1S/C14H16FNO3S2/c1-9-6-12(7-11(8-17)14(9)15)21(18,19)16-10(2)13-4-3-5-20-13/h3-7,10,16-17H,8H2,1-2H3. The maximum atomic E-state index is 13.7. The molecule has 114 valence electrons. The summed E-state index contributed by atoms with van der Waals surface area (Å²) < 4.78 is 41.0. The van der Waals surface area contributed by atoms with Gasteiger partial charge in [0.15, 0.2) is 0 Å². The first kappa shape index (κ1) is 16.1. The van der Waals surface area contributed by atoms with E-state index in [-0.39, 0.29) is 22.1 Å². The fourth-order valence-electron chi connectivity index (χ4n) is 1.97. The van der Waals surface area contributed by atoms with Crippen LogP contribution in [-0.4, -0.2) is 13.5 Å². The number of hydrogen-bond acceptors (Lipinski definition) is 4. The van der Waals surface area contributed by atoms with Crippen molar-refractivity contribution in [2.45, 2.75) is 31.4 Å². The highest BCUT2D eigenvalue weighted by atomic mass is 32.2. The lowest BCUT2D eigenvalue weighted by molar-refractivity contribution is 0.275. The smallest absolute Gasteiger partial charge is 0.241 e. The van der Waals surface area contributed by atoms with Crippen LogP contribution in [0.3, 0.4) is 0 Å². The Morgan fingerprint density at radius 3 is 2.71 bits per heavy atom. The van der Waals surface area contributed by atoms with Crippen LogP contribution < -0.4 is 4.72 Å². The van der Waals surface area contributed by atoms with Crippen molar-refractivity contribution >= 4 is 21.4 Å². The fourth-order valence-corrected chi connectivity index (χ4v) is 4.14. The van der Waals surface area contributed by atoms with Gasteiger partial charge in [-0.1, -0.05) is 6.07 Å². The Kier molecular flexibility index (Phi) is 4.77. The van der Waals surface area contributed by atoms with E-state index in [1.165, 1.54) is 24.3 Å². The van der Waals surface area contributed by atoms with Crippen LogP contribution in [0.15, 0.2) is 34.5 Å². The van der Waals surface area contributed by atoms with Gasteiger partial charge in [0.1, 0.15) is 5.82 Å². The van der Waals surface area contributed by atoms with E-state index in [2.05, 4.69) is 4.72 Å². The first-order valence-corrected chi connectivity index (χ1v) is 8.67. The normalized spacial score (nSPS) is 13.3. The largest absolute Gasteiger partial charge is 0.392 e. The summed E-state index contributed by atoms with van der Waals surface area (Å²) in [5.74, 6) is -0.581. The molecule has 1 unspecified atom stereocenters. The third-order valence-electron chi connectivity index (χ3n) is 3.09. The molecule has 0 aliphatic carbocycles. The minimum Gasteiger partial charge on any atom is -0.392 e. The van der Waals surface area contributed by atoms with Gasteiger partial charge in [0.25, 0.3) is 0 Å². The van der Waals surface area contributed by atoms with Crippen LogP contribution in [0.5, 0.6) is 0 Å². The molecule has 7 heteroatoms. The Morgan fingerprint density at radius 2 is 2.14 bits per heavy atom. The summed E-state index contributed by atoms with van der Waals surface area (Å²) in [4.78, 5) is 0.841. The number of halogens is 1. The molecule has 21 heavy (non-hydrogen) atoms. The van der Waals surface area contributed by atoms with E-state index < -0.39 is 22.4 Å². The number of sulfonamides is 1. The molecule has 0 fully saturated rings. The highest BCUT2D eigenvalue weighted by Gasteiger charge is 2.21. The summed E-state index contributed by atoms with van der Waals surface area (Å²) in [6.45, 7) is 2.67. The van der Waals surface area contributed by atoms with Crippen molar-refractivity contribution in [1.82, 2.24) is 4.72 Å². The maximum absolute atomic E-state index is 13.7. The second-order valence-electron chi connectivity index (χ2n) is 4.73. The minimum absolute atomic E-state index is 0.0286. The highest BCUT2D eigenvalue weighted by Crippen LogP contribution is 2.23. The zero-order valence-corrected chi connectivity index (χ0v) is 13.3. The Hall–Kier alpha value is -1.28. The van der Waals surface area contributed by atoms with Crippen molar-refractivity contribution in [1.29, 1.82) is 0 Å². The lowest BCUT2D eigenvalue weighted by Crippen LogP contribution is -2.26. The number of nitrogens with one attached hydrogen (secondary N) is 1. The second kappa shape index (κ2) is 6.23. The monoisotopic (exact) mass is 329 g/mol. The molecular formula is C14H16FNO3S2. The van der Waals surface area contributed by atoms with Gasteiger partial charge in [-0.15, -0.1) is 11.3 Å². The van der Waals surface area contributed by atoms with Gasteiger partial charge in [-0.05, 0) is 43.0 Å². The highest BCUT2D eigenvalue weighted by molar-refractivity contribution is 7.89. The van der Waals surface area contributed by atoms with Gasteiger partial charge in [-0.3, -0.25) is 0 Å². The van der Waals surface area contributed by atoms with E-state index in [4.69, 9.17) is 5.11 Å². The first-order chi connectivity index (χ1) is 9.85. The molecule has 1 aromatic heterocycles. The molecule has 4 nitrogen and oxygen atoms in total. The molecule has 0 bridgehead atoms. The van der Waals surface area contributed by atoms with Gasteiger partial charge in [-0.2, -0.15) is 0 Å². The zero-order valence-electron chi connectivity index (χ0n) is 11.6. The molecule has 2 aromatic rings. The molecule has 2 rings (SSSR count). The number of thiophene rings is 1. The van der Waals surface area contributed by atoms with Gasteiger partial charge in [0.05, 0.1) is 17.5 Å². The average molecular weight is 329 g/mol. The Bertz CT molecular complexity index is 727. The third kappa shape index (κ3) is 3.49. The van der Waals surface area contributed by atoms with E-state index in [1.54, 1.807) is 6.92 Å². The molecule has 0 aliphatic heterocycles. The molecule has 0 radical (unpaired) electrons. The summed E-state index contributed by atoms with van der Waals surface area (Å²) in [5, 5.41) is 11.0. The molecule has 0 saturated heterocycles. The van der Waals surface area contributed by atoms with Crippen molar-refractivity contribution in [3.05, 3.63) is 51.5 Å². The van der Waals surface area contributed by atoms with Crippen molar-refractivity contribution in [2.24, 2.45) is 0 Å². The van der Waals surface area contributed by atoms with Gasteiger partial charge < -0.3 is 5.11 Å². The molecular weight excluding hydrogens is 313 g/mol. The minimum atomic E-state index is -3.78. The van der Waals surface area contributed by atoms with Crippen molar-refractivity contribution < 1.29 is 17.9 Å². The zero-order chi connectivity index (χ0) is 15.6. The molecule has 1 aromatic carbocycles. The molecule has 1 heterocycles. The third-order valence-corrected chi connectivity index (χ3v) is 5.66. The quantitative estimate of drug-likeness (QED) is 0.886. The van der Waals surface area contributed by atoms with Gasteiger partial charge in [-0.25, -0.2) is 17.5 Å². The Balaban J connectivity index is 2.34.